The lowest BCUT2D eigenvalue weighted by Gasteiger charge is -1.97. The Kier molecular flexibility index (Phi) is 6.02. The van der Waals surface area contributed by atoms with Crippen molar-refractivity contribution in [3.8, 4) is 0 Å². The zero-order valence-corrected chi connectivity index (χ0v) is 8.20. The standard InChI is InChI=1S/C9H13NO4/c1-3-6-10-9(13)7(11)4-5-8(12)14-2/h4-5H,3,6H2,1-2H3,(H,10,13)/b5-4+. The van der Waals surface area contributed by atoms with E-state index in [-0.39, 0.29) is 0 Å². The molecule has 0 unspecified atom stereocenters. The number of rotatable bonds is 5. The topological polar surface area (TPSA) is 72.5 Å². The summed E-state index contributed by atoms with van der Waals surface area (Å²) in [6.45, 7) is 2.31. The molecule has 5 heteroatoms. The van der Waals surface area contributed by atoms with Crippen LogP contribution in [0.1, 0.15) is 13.3 Å². The largest absolute Gasteiger partial charge is 0.466 e. The molecule has 0 radical (unpaired) electrons. The summed E-state index contributed by atoms with van der Waals surface area (Å²) in [7, 11) is 1.19. The molecule has 0 heterocycles. The van der Waals surface area contributed by atoms with Crippen molar-refractivity contribution in [3.63, 3.8) is 0 Å². The summed E-state index contributed by atoms with van der Waals surface area (Å²) in [6, 6.07) is 0. The van der Waals surface area contributed by atoms with Gasteiger partial charge in [0, 0.05) is 12.6 Å². The van der Waals surface area contributed by atoms with Crippen LogP contribution in [-0.2, 0) is 19.1 Å². The maximum absolute atomic E-state index is 11.0. The molecule has 1 amide bonds. The minimum atomic E-state index is -0.760. The minimum absolute atomic E-state index is 0.441. The fourth-order valence-electron chi connectivity index (χ4n) is 0.613. The maximum Gasteiger partial charge on any atom is 0.330 e. The van der Waals surface area contributed by atoms with Crippen LogP contribution < -0.4 is 5.32 Å². The summed E-state index contributed by atoms with van der Waals surface area (Å²) in [5, 5.41) is 2.38. The van der Waals surface area contributed by atoms with E-state index in [4.69, 9.17) is 0 Å². The van der Waals surface area contributed by atoms with E-state index in [2.05, 4.69) is 10.1 Å². The van der Waals surface area contributed by atoms with Crippen molar-refractivity contribution in [2.24, 2.45) is 0 Å². The lowest BCUT2D eigenvalue weighted by atomic mass is 10.3. The highest BCUT2D eigenvalue weighted by Crippen LogP contribution is 1.82. The molecule has 0 saturated carbocycles. The molecule has 0 fully saturated rings. The van der Waals surface area contributed by atoms with E-state index in [0.717, 1.165) is 18.6 Å². The average Bonchev–Trinajstić information content (AvgIpc) is 2.21. The molecule has 0 aliphatic rings. The van der Waals surface area contributed by atoms with Gasteiger partial charge < -0.3 is 10.1 Å². The number of esters is 1. The molecule has 0 aromatic heterocycles. The van der Waals surface area contributed by atoms with Crippen LogP contribution in [0.4, 0.5) is 0 Å². The normalized spacial score (nSPS) is 9.86. The van der Waals surface area contributed by atoms with Crippen LogP contribution in [-0.4, -0.2) is 31.3 Å². The van der Waals surface area contributed by atoms with Gasteiger partial charge in [0.2, 0.25) is 5.78 Å². The molecule has 0 aliphatic carbocycles. The highest BCUT2D eigenvalue weighted by atomic mass is 16.5. The van der Waals surface area contributed by atoms with Crippen LogP contribution in [0, 0.1) is 0 Å². The number of ketones is 1. The third kappa shape index (κ3) is 5.08. The summed E-state index contributed by atoms with van der Waals surface area (Å²) in [5.41, 5.74) is 0. The van der Waals surface area contributed by atoms with Gasteiger partial charge in [-0.25, -0.2) is 4.79 Å². The number of amides is 1. The molecular weight excluding hydrogens is 186 g/mol. The molecule has 0 spiro atoms. The van der Waals surface area contributed by atoms with Crippen molar-refractivity contribution in [1.29, 1.82) is 0 Å². The number of hydrogen-bond acceptors (Lipinski definition) is 4. The van der Waals surface area contributed by atoms with Gasteiger partial charge in [0.05, 0.1) is 7.11 Å². The van der Waals surface area contributed by atoms with Gasteiger partial charge in [0.25, 0.3) is 5.91 Å². The smallest absolute Gasteiger partial charge is 0.330 e. The van der Waals surface area contributed by atoms with Crippen molar-refractivity contribution < 1.29 is 19.1 Å². The number of nitrogens with one attached hydrogen (secondary N) is 1. The number of carbonyl (C=O) groups excluding carboxylic acids is 3. The molecule has 5 nitrogen and oxygen atoms in total. The van der Waals surface area contributed by atoms with Crippen molar-refractivity contribution in [2.45, 2.75) is 13.3 Å². The first-order valence-electron chi connectivity index (χ1n) is 4.20. The number of carbonyl (C=O) groups is 3. The van der Waals surface area contributed by atoms with Gasteiger partial charge in [-0.3, -0.25) is 9.59 Å². The second kappa shape index (κ2) is 6.82. The molecular formula is C9H13NO4. The van der Waals surface area contributed by atoms with Gasteiger partial charge in [-0.15, -0.1) is 0 Å². The Morgan fingerprint density at radius 2 is 1.93 bits per heavy atom. The van der Waals surface area contributed by atoms with Crippen LogP contribution in [0.25, 0.3) is 0 Å². The van der Waals surface area contributed by atoms with Crippen LogP contribution in [0.15, 0.2) is 12.2 Å². The first kappa shape index (κ1) is 12.3. The molecule has 0 aromatic rings. The summed E-state index contributed by atoms with van der Waals surface area (Å²) in [5.74, 6) is -2.14. The van der Waals surface area contributed by atoms with Crippen LogP contribution in [0.3, 0.4) is 0 Å². The molecule has 0 rings (SSSR count). The van der Waals surface area contributed by atoms with Gasteiger partial charge in [-0.2, -0.15) is 0 Å². The van der Waals surface area contributed by atoms with E-state index in [9.17, 15) is 14.4 Å². The zero-order valence-electron chi connectivity index (χ0n) is 8.20. The molecule has 0 aliphatic heterocycles. The second-order valence-electron chi connectivity index (χ2n) is 2.48. The molecule has 78 valence electrons. The molecule has 0 bridgehead atoms. The van der Waals surface area contributed by atoms with E-state index < -0.39 is 17.7 Å². The van der Waals surface area contributed by atoms with Crippen LogP contribution in [0.2, 0.25) is 0 Å². The second-order valence-corrected chi connectivity index (χ2v) is 2.48. The van der Waals surface area contributed by atoms with Gasteiger partial charge >= 0.3 is 5.97 Å². The predicted octanol–water partition coefficient (Wildman–Crippen LogP) is -0.189. The molecule has 14 heavy (non-hydrogen) atoms. The Morgan fingerprint density at radius 1 is 1.29 bits per heavy atom. The monoisotopic (exact) mass is 199 g/mol. The summed E-state index contributed by atoms with van der Waals surface area (Å²) >= 11 is 0. The van der Waals surface area contributed by atoms with E-state index in [1.54, 1.807) is 0 Å². The fraction of sp³-hybridized carbons (Fsp3) is 0.444. The molecule has 0 atom stereocenters. The quantitative estimate of drug-likeness (QED) is 0.378. The lowest BCUT2D eigenvalue weighted by molar-refractivity contribution is -0.136. The number of hydrogen-bond donors (Lipinski definition) is 1. The van der Waals surface area contributed by atoms with E-state index in [0.29, 0.717) is 6.54 Å². The van der Waals surface area contributed by atoms with E-state index in [1.807, 2.05) is 6.92 Å². The molecule has 1 N–H and O–H groups in total. The Morgan fingerprint density at radius 3 is 2.43 bits per heavy atom. The first-order chi connectivity index (χ1) is 6.61. The summed E-state index contributed by atoms with van der Waals surface area (Å²) in [6.07, 6.45) is 2.55. The Hall–Kier alpha value is -1.65. The van der Waals surface area contributed by atoms with Crippen molar-refractivity contribution >= 4 is 17.7 Å². The fourth-order valence-corrected chi connectivity index (χ4v) is 0.613. The first-order valence-corrected chi connectivity index (χ1v) is 4.20. The predicted molar refractivity (Wildman–Crippen MR) is 49.5 cm³/mol. The van der Waals surface area contributed by atoms with Gasteiger partial charge in [0.1, 0.15) is 0 Å². The Labute approximate surface area is 82.1 Å². The summed E-state index contributed by atoms with van der Waals surface area (Å²) in [4.78, 5) is 32.5. The Balaban J connectivity index is 4.01. The lowest BCUT2D eigenvalue weighted by Crippen LogP contribution is -2.30. The van der Waals surface area contributed by atoms with Crippen molar-refractivity contribution in [3.05, 3.63) is 12.2 Å². The van der Waals surface area contributed by atoms with Gasteiger partial charge in [-0.1, -0.05) is 6.92 Å². The van der Waals surface area contributed by atoms with E-state index in [1.165, 1.54) is 7.11 Å². The molecule has 0 saturated heterocycles. The van der Waals surface area contributed by atoms with Gasteiger partial charge in [-0.05, 0) is 12.5 Å². The zero-order chi connectivity index (χ0) is 11.0. The average molecular weight is 199 g/mol. The third-order valence-corrected chi connectivity index (χ3v) is 1.33. The van der Waals surface area contributed by atoms with Crippen molar-refractivity contribution in [2.75, 3.05) is 13.7 Å². The number of methoxy groups -OCH3 is 1. The third-order valence-electron chi connectivity index (χ3n) is 1.33. The SMILES string of the molecule is CCCNC(=O)C(=O)/C=C/C(=O)OC. The Bertz CT molecular complexity index is 258. The van der Waals surface area contributed by atoms with Crippen LogP contribution in [0.5, 0.6) is 0 Å². The van der Waals surface area contributed by atoms with Gasteiger partial charge in [0.15, 0.2) is 0 Å². The molecule has 0 aromatic carbocycles. The van der Waals surface area contributed by atoms with Crippen LogP contribution >= 0.6 is 0 Å². The minimum Gasteiger partial charge on any atom is -0.466 e. The highest BCUT2D eigenvalue weighted by molar-refractivity contribution is 6.41. The van der Waals surface area contributed by atoms with Crippen molar-refractivity contribution in [1.82, 2.24) is 5.32 Å². The number of ether oxygens (including phenoxy) is 1. The summed E-state index contributed by atoms with van der Waals surface area (Å²) < 4.78 is 4.25. The highest BCUT2D eigenvalue weighted by Gasteiger charge is 2.08. The maximum atomic E-state index is 11.0. The van der Waals surface area contributed by atoms with E-state index >= 15 is 0 Å².